The Hall–Kier alpha value is -2.38. The Bertz CT molecular complexity index is 806. The highest BCUT2D eigenvalue weighted by Crippen LogP contribution is 2.26. The number of amides is 2. The van der Waals surface area contributed by atoms with Crippen molar-refractivity contribution in [2.45, 2.75) is 6.10 Å². The Morgan fingerprint density at radius 3 is 2.96 bits per heavy atom. The number of nitrogens with zero attached hydrogens (tertiary/aromatic N) is 1. The second-order valence-electron chi connectivity index (χ2n) is 5.97. The minimum atomic E-state index is -0.584. The monoisotopic (exact) mass is 396 g/mol. The Labute approximate surface area is 160 Å². The highest BCUT2D eigenvalue weighted by Gasteiger charge is 2.26. The first-order chi connectivity index (χ1) is 13.1. The van der Waals surface area contributed by atoms with Gasteiger partial charge in [0.05, 0.1) is 18.2 Å². The molecule has 1 atom stereocenters. The van der Waals surface area contributed by atoms with Gasteiger partial charge in [0, 0.05) is 18.3 Å². The van der Waals surface area contributed by atoms with Gasteiger partial charge in [0.2, 0.25) is 0 Å². The van der Waals surface area contributed by atoms with Gasteiger partial charge in [-0.3, -0.25) is 0 Å². The molecule has 1 aliphatic rings. The van der Waals surface area contributed by atoms with Crippen molar-refractivity contribution in [1.29, 1.82) is 0 Å². The highest BCUT2D eigenvalue weighted by molar-refractivity contribution is 6.30. The Morgan fingerprint density at radius 2 is 2.19 bits per heavy atom. The van der Waals surface area contributed by atoms with Crippen molar-refractivity contribution in [2.75, 3.05) is 38.3 Å². The summed E-state index contributed by atoms with van der Waals surface area (Å²) in [5.74, 6) is -0.0213. The molecule has 1 heterocycles. The molecule has 2 aromatic rings. The quantitative estimate of drug-likeness (QED) is 0.813. The van der Waals surface area contributed by atoms with Crippen LogP contribution in [0.15, 0.2) is 42.5 Å². The lowest BCUT2D eigenvalue weighted by Gasteiger charge is -2.33. The normalized spacial score (nSPS) is 16.9. The SMILES string of the molecule is O=C(Nc1cccc(OCCF)c1)N1CCOC(c2ccc(F)c(Cl)c2)C1. The summed E-state index contributed by atoms with van der Waals surface area (Å²) in [6, 6.07) is 10.8. The summed E-state index contributed by atoms with van der Waals surface area (Å²) in [6.45, 7) is 0.468. The molecule has 1 aliphatic heterocycles. The number of hydrogen-bond acceptors (Lipinski definition) is 3. The topological polar surface area (TPSA) is 50.8 Å². The van der Waals surface area contributed by atoms with E-state index in [2.05, 4.69) is 5.32 Å². The standard InChI is InChI=1S/C19H19ClF2N2O3/c20-16-10-13(4-5-17(16)22)18-12-24(7-9-27-18)19(25)23-14-2-1-3-15(11-14)26-8-6-21/h1-5,10-11,18H,6-9,12H2,(H,23,25). The summed E-state index contributed by atoms with van der Waals surface area (Å²) < 4.78 is 36.5. The average molecular weight is 397 g/mol. The molecular weight excluding hydrogens is 378 g/mol. The fourth-order valence-electron chi connectivity index (χ4n) is 2.77. The highest BCUT2D eigenvalue weighted by atomic mass is 35.5. The molecule has 0 radical (unpaired) electrons. The molecule has 2 aromatic carbocycles. The number of rotatable bonds is 5. The number of alkyl halides is 1. The van der Waals surface area contributed by atoms with Crippen LogP contribution in [0.1, 0.15) is 11.7 Å². The van der Waals surface area contributed by atoms with Crippen molar-refractivity contribution < 1.29 is 23.0 Å². The molecule has 0 saturated carbocycles. The van der Waals surface area contributed by atoms with E-state index in [9.17, 15) is 13.6 Å². The van der Waals surface area contributed by atoms with Crippen LogP contribution in [-0.2, 0) is 4.74 Å². The third-order valence-electron chi connectivity index (χ3n) is 4.10. The van der Waals surface area contributed by atoms with Crippen molar-refractivity contribution >= 4 is 23.3 Å². The molecule has 8 heteroatoms. The van der Waals surface area contributed by atoms with E-state index in [-0.39, 0.29) is 23.8 Å². The number of carbonyl (C=O) groups is 1. The van der Waals surface area contributed by atoms with Gasteiger partial charge in [-0.15, -0.1) is 0 Å². The first-order valence-electron chi connectivity index (χ1n) is 8.48. The van der Waals surface area contributed by atoms with Crippen LogP contribution in [0.4, 0.5) is 19.3 Å². The van der Waals surface area contributed by atoms with Gasteiger partial charge in [-0.1, -0.05) is 23.7 Å². The van der Waals surface area contributed by atoms with E-state index < -0.39 is 12.5 Å². The molecule has 27 heavy (non-hydrogen) atoms. The van der Waals surface area contributed by atoms with Crippen molar-refractivity contribution in [3.8, 4) is 5.75 Å². The number of anilines is 1. The maximum Gasteiger partial charge on any atom is 0.322 e. The van der Waals surface area contributed by atoms with Gasteiger partial charge in [0.25, 0.3) is 0 Å². The average Bonchev–Trinajstić information content (AvgIpc) is 2.69. The van der Waals surface area contributed by atoms with Gasteiger partial charge in [-0.2, -0.15) is 0 Å². The maximum atomic E-state index is 13.3. The molecule has 0 aromatic heterocycles. The van der Waals surface area contributed by atoms with Gasteiger partial charge in [0.1, 0.15) is 31.0 Å². The van der Waals surface area contributed by atoms with Crippen LogP contribution >= 0.6 is 11.6 Å². The number of halogens is 3. The summed E-state index contributed by atoms with van der Waals surface area (Å²) in [5, 5.41) is 2.81. The van der Waals surface area contributed by atoms with Gasteiger partial charge in [0.15, 0.2) is 0 Å². The molecule has 5 nitrogen and oxygen atoms in total. The van der Waals surface area contributed by atoms with Gasteiger partial charge >= 0.3 is 6.03 Å². The third-order valence-corrected chi connectivity index (χ3v) is 4.39. The zero-order valence-electron chi connectivity index (χ0n) is 14.5. The van der Waals surface area contributed by atoms with Crippen molar-refractivity contribution in [1.82, 2.24) is 4.90 Å². The fourth-order valence-corrected chi connectivity index (χ4v) is 2.96. The number of ether oxygens (including phenoxy) is 2. The minimum Gasteiger partial charge on any atom is -0.491 e. The van der Waals surface area contributed by atoms with Crippen molar-refractivity contribution in [2.24, 2.45) is 0 Å². The van der Waals surface area contributed by atoms with E-state index in [1.165, 1.54) is 12.1 Å². The van der Waals surface area contributed by atoms with Gasteiger partial charge < -0.3 is 19.7 Å². The molecule has 1 N–H and O–H groups in total. The van der Waals surface area contributed by atoms with Crippen LogP contribution in [0.2, 0.25) is 5.02 Å². The molecule has 2 amide bonds. The molecule has 144 valence electrons. The second-order valence-corrected chi connectivity index (χ2v) is 6.38. The fraction of sp³-hybridized carbons (Fsp3) is 0.316. The molecule has 1 unspecified atom stereocenters. The lowest BCUT2D eigenvalue weighted by molar-refractivity contribution is -0.0135. The van der Waals surface area contributed by atoms with Crippen LogP contribution in [0.25, 0.3) is 0 Å². The van der Waals surface area contributed by atoms with Gasteiger partial charge in [-0.05, 0) is 29.8 Å². The minimum absolute atomic E-state index is 0.0165. The first-order valence-corrected chi connectivity index (χ1v) is 8.86. The number of morpholine rings is 1. The van der Waals surface area contributed by atoms with Crippen LogP contribution in [0.3, 0.4) is 0 Å². The summed E-state index contributed by atoms with van der Waals surface area (Å²) in [4.78, 5) is 14.2. The van der Waals surface area contributed by atoms with Crippen molar-refractivity contribution in [3.05, 3.63) is 58.9 Å². The summed E-state index contributed by atoms with van der Waals surface area (Å²) in [5.41, 5.74) is 1.25. The molecule has 1 saturated heterocycles. The predicted molar refractivity (Wildman–Crippen MR) is 98.6 cm³/mol. The van der Waals surface area contributed by atoms with Crippen molar-refractivity contribution in [3.63, 3.8) is 0 Å². The van der Waals surface area contributed by atoms with E-state index in [1.807, 2.05) is 0 Å². The van der Waals surface area contributed by atoms with Crippen LogP contribution in [-0.4, -0.2) is 43.9 Å². The molecule has 3 rings (SSSR count). The van der Waals surface area contributed by atoms with E-state index in [0.29, 0.717) is 36.7 Å². The molecule has 1 fully saturated rings. The molecule has 0 spiro atoms. The smallest absolute Gasteiger partial charge is 0.322 e. The second kappa shape index (κ2) is 9.01. The summed E-state index contributed by atoms with van der Waals surface area (Å²) in [7, 11) is 0. The Kier molecular flexibility index (Phi) is 6.47. The molecule has 0 bridgehead atoms. The largest absolute Gasteiger partial charge is 0.491 e. The van der Waals surface area contributed by atoms with E-state index >= 15 is 0 Å². The number of carbonyl (C=O) groups excluding carboxylic acids is 1. The number of benzene rings is 2. The van der Waals surface area contributed by atoms with Crippen LogP contribution in [0.5, 0.6) is 5.75 Å². The third kappa shape index (κ3) is 5.08. The number of urea groups is 1. The van der Waals surface area contributed by atoms with E-state index in [0.717, 1.165) is 0 Å². The first kappa shape index (κ1) is 19.4. The lowest BCUT2D eigenvalue weighted by Crippen LogP contribution is -2.44. The number of hydrogen-bond donors (Lipinski definition) is 1. The van der Waals surface area contributed by atoms with Crippen LogP contribution < -0.4 is 10.1 Å². The van der Waals surface area contributed by atoms with Gasteiger partial charge in [-0.25, -0.2) is 13.6 Å². The Balaban J connectivity index is 1.63. The predicted octanol–water partition coefficient (Wildman–Crippen LogP) is 4.43. The molecule has 0 aliphatic carbocycles. The molecular formula is C19H19ClF2N2O3. The van der Waals surface area contributed by atoms with E-state index in [1.54, 1.807) is 35.2 Å². The summed E-state index contributed by atoms with van der Waals surface area (Å²) >= 11 is 5.83. The summed E-state index contributed by atoms with van der Waals surface area (Å²) in [6.07, 6.45) is -0.387. The maximum absolute atomic E-state index is 13.3. The number of nitrogens with one attached hydrogen (secondary N) is 1. The zero-order chi connectivity index (χ0) is 19.2. The zero-order valence-corrected chi connectivity index (χ0v) is 15.2. The Morgan fingerprint density at radius 1 is 1.33 bits per heavy atom. The van der Waals surface area contributed by atoms with Crippen LogP contribution in [0, 0.1) is 5.82 Å². The van der Waals surface area contributed by atoms with E-state index in [4.69, 9.17) is 21.1 Å². The lowest BCUT2D eigenvalue weighted by atomic mass is 10.1.